The van der Waals surface area contributed by atoms with Gasteiger partial charge < -0.3 is 19.7 Å². The van der Waals surface area contributed by atoms with Gasteiger partial charge in [-0.2, -0.15) is 0 Å². The average molecular weight is 485 g/mol. The van der Waals surface area contributed by atoms with Crippen molar-refractivity contribution < 1.29 is 19.1 Å². The van der Waals surface area contributed by atoms with E-state index in [4.69, 9.17) is 21.1 Å². The highest BCUT2D eigenvalue weighted by Crippen LogP contribution is 2.40. The molecule has 0 aromatic carbocycles. The molecule has 1 saturated heterocycles. The molecule has 0 radical (unpaired) electrons. The molecule has 1 fully saturated rings. The Bertz CT molecular complexity index is 1110. The van der Waals surface area contributed by atoms with Crippen LogP contribution < -0.4 is 10.1 Å². The number of aromatic nitrogens is 2. The van der Waals surface area contributed by atoms with Crippen molar-refractivity contribution in [3.8, 4) is 5.75 Å². The minimum absolute atomic E-state index is 0.176. The summed E-state index contributed by atoms with van der Waals surface area (Å²) in [5, 5.41) is 3.12. The third kappa shape index (κ3) is 5.67. The topological polar surface area (TPSA) is 93.7 Å². The highest BCUT2D eigenvalue weighted by atomic mass is 35.5. The molecule has 1 aliphatic carbocycles. The highest BCUT2D eigenvalue weighted by molar-refractivity contribution is 6.32. The second-order valence-corrected chi connectivity index (χ2v) is 10.1. The molecule has 2 atom stereocenters. The van der Waals surface area contributed by atoms with Crippen LogP contribution in [0.15, 0.2) is 36.7 Å². The van der Waals surface area contributed by atoms with E-state index in [1.54, 1.807) is 17.2 Å². The number of methoxy groups -OCH3 is 1. The molecule has 1 N–H and O–H groups in total. The van der Waals surface area contributed by atoms with Crippen LogP contribution in [0.4, 0.5) is 10.6 Å². The van der Waals surface area contributed by atoms with Gasteiger partial charge in [-0.15, -0.1) is 0 Å². The number of likely N-dealkylation sites (tertiary alicyclic amines) is 1. The Morgan fingerprint density at radius 1 is 1.21 bits per heavy atom. The average Bonchev–Trinajstić information content (AvgIpc) is 3.34. The molecule has 0 saturated carbocycles. The van der Waals surface area contributed by atoms with Crippen molar-refractivity contribution in [2.24, 2.45) is 11.8 Å². The van der Waals surface area contributed by atoms with Crippen molar-refractivity contribution in [2.45, 2.75) is 39.2 Å². The molecule has 3 heterocycles. The third-order valence-corrected chi connectivity index (χ3v) is 6.15. The first kappa shape index (κ1) is 24.0. The van der Waals surface area contributed by atoms with Gasteiger partial charge in [0.25, 0.3) is 0 Å². The van der Waals surface area contributed by atoms with Gasteiger partial charge in [0, 0.05) is 31.3 Å². The van der Waals surface area contributed by atoms with Crippen LogP contribution in [0.1, 0.15) is 38.4 Å². The second kappa shape index (κ2) is 9.62. The summed E-state index contributed by atoms with van der Waals surface area (Å²) >= 11 is 5.97. The van der Waals surface area contributed by atoms with Gasteiger partial charge in [-0.3, -0.25) is 9.78 Å². The predicted molar refractivity (Wildman–Crippen MR) is 130 cm³/mol. The molecule has 2 amide bonds. The number of nitrogens with zero attached hydrogens (tertiary/aromatic N) is 3. The molecule has 2 unspecified atom stereocenters. The van der Waals surface area contributed by atoms with E-state index < -0.39 is 5.60 Å². The fourth-order valence-electron chi connectivity index (χ4n) is 4.31. The smallest absolute Gasteiger partial charge is 0.410 e. The number of hydrogen-bond donors (Lipinski definition) is 1. The molecule has 1 aliphatic heterocycles. The molecule has 8 nitrogen and oxygen atoms in total. The monoisotopic (exact) mass is 484 g/mol. The Hall–Kier alpha value is -3.13. The summed E-state index contributed by atoms with van der Waals surface area (Å²) < 4.78 is 10.6. The van der Waals surface area contributed by atoms with Crippen LogP contribution in [-0.2, 0) is 16.0 Å². The summed E-state index contributed by atoms with van der Waals surface area (Å²) in [6.07, 6.45) is 6.19. The van der Waals surface area contributed by atoms with Gasteiger partial charge in [0.1, 0.15) is 22.2 Å². The number of pyridine rings is 2. The number of amides is 2. The van der Waals surface area contributed by atoms with Crippen molar-refractivity contribution in [3.63, 3.8) is 0 Å². The zero-order chi connectivity index (χ0) is 24.5. The van der Waals surface area contributed by atoms with E-state index >= 15 is 0 Å². The Kier molecular flexibility index (Phi) is 6.79. The van der Waals surface area contributed by atoms with Crippen molar-refractivity contribution in [3.05, 3.63) is 52.9 Å². The van der Waals surface area contributed by atoms with Crippen molar-refractivity contribution in [1.29, 1.82) is 0 Å². The van der Waals surface area contributed by atoms with E-state index in [1.807, 2.05) is 32.9 Å². The van der Waals surface area contributed by atoms with Gasteiger partial charge >= 0.3 is 6.09 Å². The number of anilines is 1. The number of hydrogen-bond acceptors (Lipinski definition) is 6. The summed E-state index contributed by atoms with van der Waals surface area (Å²) in [7, 11) is 1.50. The Labute approximate surface area is 204 Å². The van der Waals surface area contributed by atoms with Crippen LogP contribution in [0.3, 0.4) is 0 Å². The van der Waals surface area contributed by atoms with Gasteiger partial charge in [0.15, 0.2) is 0 Å². The number of rotatable bonds is 5. The van der Waals surface area contributed by atoms with Crippen molar-refractivity contribution in [1.82, 2.24) is 14.9 Å². The van der Waals surface area contributed by atoms with Gasteiger partial charge in [-0.05, 0) is 50.3 Å². The quantitative estimate of drug-likeness (QED) is 0.667. The maximum Gasteiger partial charge on any atom is 0.410 e. The fraction of sp³-hybridized carbons (Fsp3) is 0.440. The second-order valence-electron chi connectivity index (χ2n) is 9.69. The molecule has 180 valence electrons. The minimum atomic E-state index is -0.490. The van der Waals surface area contributed by atoms with E-state index in [0.717, 1.165) is 17.7 Å². The Morgan fingerprint density at radius 3 is 2.65 bits per heavy atom. The van der Waals surface area contributed by atoms with Gasteiger partial charge in [-0.1, -0.05) is 23.7 Å². The predicted octanol–water partition coefficient (Wildman–Crippen LogP) is 4.59. The summed E-state index contributed by atoms with van der Waals surface area (Å²) in [5.41, 5.74) is 2.41. The zero-order valence-corrected chi connectivity index (χ0v) is 20.6. The molecule has 34 heavy (non-hydrogen) atoms. The van der Waals surface area contributed by atoms with Crippen LogP contribution in [0, 0.1) is 11.8 Å². The first-order chi connectivity index (χ1) is 16.1. The molecule has 4 rings (SSSR count). The molecule has 0 bridgehead atoms. The number of nitrogens with one attached hydrogen (secondary N) is 1. The van der Waals surface area contributed by atoms with Crippen LogP contribution in [0.25, 0.3) is 5.57 Å². The lowest BCUT2D eigenvalue weighted by Crippen LogP contribution is -2.35. The lowest BCUT2D eigenvalue weighted by atomic mass is 9.99. The molecule has 2 aliphatic rings. The summed E-state index contributed by atoms with van der Waals surface area (Å²) in [6.45, 7) is 7.01. The minimum Gasteiger partial charge on any atom is -0.495 e. The highest BCUT2D eigenvalue weighted by Gasteiger charge is 2.40. The lowest BCUT2D eigenvalue weighted by molar-refractivity contribution is -0.115. The number of carbonyl (C=O) groups excluding carboxylic acids is 2. The third-order valence-electron chi connectivity index (χ3n) is 5.87. The maximum absolute atomic E-state index is 12.4. The molecule has 9 heteroatoms. The van der Waals surface area contributed by atoms with Crippen LogP contribution in [0.5, 0.6) is 5.75 Å². The molecule has 2 aromatic rings. The van der Waals surface area contributed by atoms with E-state index in [2.05, 4.69) is 21.4 Å². The first-order valence-corrected chi connectivity index (χ1v) is 11.6. The van der Waals surface area contributed by atoms with E-state index in [1.165, 1.54) is 18.9 Å². The fourth-order valence-corrected chi connectivity index (χ4v) is 4.49. The first-order valence-electron chi connectivity index (χ1n) is 11.2. The number of fused-ring (bicyclic) bond motifs is 1. The van der Waals surface area contributed by atoms with Gasteiger partial charge in [0.05, 0.1) is 25.4 Å². The zero-order valence-electron chi connectivity index (χ0n) is 19.8. The summed E-state index contributed by atoms with van der Waals surface area (Å²) in [4.78, 5) is 35.2. The van der Waals surface area contributed by atoms with Crippen LogP contribution in [0.2, 0.25) is 5.02 Å². The number of allylic oxidation sites excluding steroid dienone is 1. The lowest BCUT2D eigenvalue weighted by Gasteiger charge is -2.24. The summed E-state index contributed by atoms with van der Waals surface area (Å²) in [5.74, 6) is 1.32. The number of carbonyl (C=O) groups is 2. The van der Waals surface area contributed by atoms with Crippen LogP contribution in [-0.4, -0.2) is 52.7 Å². The van der Waals surface area contributed by atoms with E-state index in [-0.39, 0.29) is 18.4 Å². The summed E-state index contributed by atoms with van der Waals surface area (Å²) in [6, 6.07) is 5.44. The maximum atomic E-state index is 12.4. The normalized spacial score (nSPS) is 19.4. The molecule has 2 aromatic heterocycles. The van der Waals surface area contributed by atoms with E-state index in [9.17, 15) is 9.59 Å². The van der Waals surface area contributed by atoms with Gasteiger partial charge in [0.2, 0.25) is 5.91 Å². The number of ether oxygens (including phenoxy) is 2. The Morgan fingerprint density at radius 2 is 2.00 bits per heavy atom. The van der Waals surface area contributed by atoms with E-state index in [0.29, 0.717) is 41.5 Å². The molecule has 0 spiro atoms. The largest absolute Gasteiger partial charge is 0.495 e. The van der Waals surface area contributed by atoms with Crippen LogP contribution >= 0.6 is 11.6 Å². The molecular formula is C25H29ClN4O4. The van der Waals surface area contributed by atoms with Gasteiger partial charge in [-0.25, -0.2) is 9.78 Å². The number of halogens is 1. The van der Waals surface area contributed by atoms with Crippen molar-refractivity contribution in [2.75, 3.05) is 25.5 Å². The Balaban J connectivity index is 1.32. The molecular weight excluding hydrogens is 456 g/mol. The van der Waals surface area contributed by atoms with Crippen molar-refractivity contribution >= 4 is 35.0 Å². The standard InChI is InChI=1S/C25H29ClN4O4/c1-25(2,3)34-24(32)30-13-17-8-16(9-18(17)14-30)20-6-5-15(11-27-20)7-23(31)29-22-10-21(33-4)19(26)12-28-22/h5-6,8,10-12,17-18H,7,9,13-14H2,1-4H3,(H,28,29,31). The SMILES string of the molecule is COc1cc(NC(=O)Cc2ccc(C3=CC4CN(C(=O)OC(C)(C)C)CC4C3)nc2)ncc1Cl.